The van der Waals surface area contributed by atoms with Gasteiger partial charge in [0.2, 0.25) is 10.0 Å². The highest BCUT2D eigenvalue weighted by Gasteiger charge is 2.19. The fourth-order valence-electron chi connectivity index (χ4n) is 5.36. The number of hydrogen-bond acceptors (Lipinski definition) is 9. The van der Waals surface area contributed by atoms with Gasteiger partial charge in [-0.3, -0.25) is 15.1 Å². The predicted molar refractivity (Wildman–Crippen MR) is 164 cm³/mol. The van der Waals surface area contributed by atoms with E-state index in [-0.39, 0.29) is 12.6 Å². The molecule has 12 nitrogen and oxygen atoms in total. The molecule has 1 fully saturated rings. The molecule has 44 heavy (non-hydrogen) atoms. The van der Waals surface area contributed by atoms with Crippen LogP contribution < -0.4 is 14.8 Å². The van der Waals surface area contributed by atoms with Crippen LogP contribution in [-0.4, -0.2) is 69.0 Å². The molecule has 0 bridgehead atoms. The van der Waals surface area contributed by atoms with Crippen molar-refractivity contribution in [1.82, 2.24) is 45.2 Å². The van der Waals surface area contributed by atoms with Crippen LogP contribution in [0.3, 0.4) is 0 Å². The Bertz CT molecular complexity index is 2110. The Labute approximate surface area is 251 Å². The Morgan fingerprint density at radius 2 is 1.91 bits per heavy atom. The Hall–Kier alpha value is -4.79. The lowest BCUT2D eigenvalue weighted by Gasteiger charge is -2.23. The molecule has 7 rings (SSSR count). The lowest BCUT2D eigenvalue weighted by atomic mass is 10.0. The van der Waals surface area contributed by atoms with Crippen molar-refractivity contribution >= 4 is 32.1 Å². The van der Waals surface area contributed by atoms with E-state index in [1.54, 1.807) is 36.9 Å². The van der Waals surface area contributed by atoms with Gasteiger partial charge < -0.3 is 15.0 Å². The Morgan fingerprint density at radius 3 is 2.75 bits per heavy atom. The van der Waals surface area contributed by atoms with Crippen molar-refractivity contribution in [2.24, 2.45) is 0 Å². The maximum atomic E-state index is 14.6. The SMILES string of the molecule is CS(=O)(=O)NCc1cc(F)cc(-c2ccnc3[nH]c(-c4n[nH]c5cnc(-c6cncc(OC7CCNCC7)c6)cc45)nc23)c1. The number of benzene rings is 1. The third kappa shape index (κ3) is 5.86. The molecule has 1 aliphatic rings. The van der Waals surface area contributed by atoms with Crippen molar-refractivity contribution in [3.8, 4) is 39.7 Å². The first-order valence-electron chi connectivity index (χ1n) is 14.1. The second-order valence-corrected chi connectivity index (χ2v) is 12.6. The molecule has 6 heterocycles. The number of aromatic nitrogens is 7. The van der Waals surface area contributed by atoms with Gasteiger partial charge in [-0.1, -0.05) is 0 Å². The minimum absolute atomic E-state index is 0.0398. The summed E-state index contributed by atoms with van der Waals surface area (Å²) in [4.78, 5) is 21.5. The molecular formula is C30H28FN9O3S. The quantitative estimate of drug-likeness (QED) is 0.199. The molecule has 0 atom stereocenters. The Kier molecular flexibility index (Phi) is 7.24. The van der Waals surface area contributed by atoms with Gasteiger partial charge in [0, 0.05) is 35.5 Å². The van der Waals surface area contributed by atoms with E-state index in [0.717, 1.165) is 48.7 Å². The summed E-state index contributed by atoms with van der Waals surface area (Å²) in [6.45, 7) is 1.83. The molecule has 0 unspecified atom stereocenters. The van der Waals surface area contributed by atoms with Crippen LogP contribution in [0.2, 0.25) is 0 Å². The van der Waals surface area contributed by atoms with E-state index >= 15 is 0 Å². The number of aromatic amines is 2. The number of pyridine rings is 3. The van der Waals surface area contributed by atoms with Crippen LogP contribution >= 0.6 is 0 Å². The number of sulfonamides is 1. The number of halogens is 1. The lowest BCUT2D eigenvalue weighted by molar-refractivity contribution is 0.162. The van der Waals surface area contributed by atoms with Crippen LogP contribution in [0, 0.1) is 5.82 Å². The molecule has 1 aliphatic heterocycles. The van der Waals surface area contributed by atoms with Crippen LogP contribution in [0.4, 0.5) is 4.39 Å². The standard InChI is InChI=1S/C30H28FN9O3S/c1-44(41,42)36-13-17-8-18(10-20(31)9-17)23-4-7-34-29-27(23)37-30(38-29)28-24-12-25(35-16-26(24)39-40-28)19-11-22(15-33-14-19)43-21-2-5-32-6-3-21/h4,7-12,14-16,21,32,36H,2-3,5-6,13H2,1H3,(H,39,40)(H,34,37,38). The number of ether oxygens (including phenoxy) is 1. The topological polar surface area (TPSA) is 163 Å². The first-order valence-corrected chi connectivity index (χ1v) is 15.9. The molecule has 1 aromatic carbocycles. The zero-order valence-electron chi connectivity index (χ0n) is 23.6. The normalized spacial score (nSPS) is 14.4. The average molecular weight is 614 g/mol. The summed E-state index contributed by atoms with van der Waals surface area (Å²) in [5.41, 5.74) is 5.47. The highest BCUT2D eigenvalue weighted by atomic mass is 32.2. The number of piperidine rings is 1. The number of H-pyrrole nitrogens is 2. The minimum atomic E-state index is -3.44. The molecule has 0 aliphatic carbocycles. The van der Waals surface area contributed by atoms with Gasteiger partial charge >= 0.3 is 0 Å². The summed E-state index contributed by atoms with van der Waals surface area (Å²) in [6, 6.07) is 10.0. The maximum absolute atomic E-state index is 14.6. The van der Waals surface area contributed by atoms with Gasteiger partial charge in [0.25, 0.3) is 0 Å². The van der Waals surface area contributed by atoms with Crippen molar-refractivity contribution in [2.75, 3.05) is 19.3 Å². The summed E-state index contributed by atoms with van der Waals surface area (Å²) < 4.78 is 46.3. The number of hydrogen-bond donors (Lipinski definition) is 4. The Balaban J connectivity index is 1.23. The molecule has 4 N–H and O–H groups in total. The highest BCUT2D eigenvalue weighted by molar-refractivity contribution is 7.88. The van der Waals surface area contributed by atoms with Crippen molar-refractivity contribution < 1.29 is 17.5 Å². The number of fused-ring (bicyclic) bond motifs is 2. The van der Waals surface area contributed by atoms with Gasteiger partial charge in [0.1, 0.15) is 28.9 Å². The number of imidazole rings is 1. The van der Waals surface area contributed by atoms with E-state index in [0.29, 0.717) is 50.8 Å². The van der Waals surface area contributed by atoms with Crippen molar-refractivity contribution in [2.45, 2.75) is 25.5 Å². The summed E-state index contributed by atoms with van der Waals surface area (Å²) in [6.07, 6.45) is 9.89. The zero-order chi connectivity index (χ0) is 30.3. The third-order valence-corrected chi connectivity index (χ3v) is 8.13. The first-order chi connectivity index (χ1) is 21.3. The van der Waals surface area contributed by atoms with E-state index in [1.165, 1.54) is 12.1 Å². The fraction of sp³-hybridized carbons (Fsp3) is 0.233. The molecule has 224 valence electrons. The zero-order valence-corrected chi connectivity index (χ0v) is 24.4. The van der Waals surface area contributed by atoms with Crippen LogP contribution in [0.5, 0.6) is 5.75 Å². The van der Waals surface area contributed by atoms with Crippen LogP contribution in [0.15, 0.2) is 61.2 Å². The van der Waals surface area contributed by atoms with Crippen molar-refractivity contribution in [1.29, 1.82) is 0 Å². The predicted octanol–water partition coefficient (Wildman–Crippen LogP) is 3.94. The van der Waals surface area contributed by atoms with Gasteiger partial charge in [-0.05, 0) is 73.5 Å². The smallest absolute Gasteiger partial charge is 0.209 e. The van der Waals surface area contributed by atoms with E-state index in [4.69, 9.17) is 9.72 Å². The second kappa shape index (κ2) is 11.4. The summed E-state index contributed by atoms with van der Waals surface area (Å²) in [7, 11) is -3.44. The minimum Gasteiger partial charge on any atom is -0.489 e. The van der Waals surface area contributed by atoms with Gasteiger partial charge in [0.15, 0.2) is 11.5 Å². The molecule has 0 spiro atoms. The van der Waals surface area contributed by atoms with E-state index in [2.05, 4.69) is 40.2 Å². The third-order valence-electron chi connectivity index (χ3n) is 7.46. The first kappa shape index (κ1) is 28.0. The molecule has 1 saturated heterocycles. The van der Waals surface area contributed by atoms with Crippen LogP contribution in [-0.2, 0) is 16.6 Å². The van der Waals surface area contributed by atoms with E-state index in [9.17, 15) is 12.8 Å². The monoisotopic (exact) mass is 613 g/mol. The number of nitrogens with zero attached hydrogens (tertiary/aromatic N) is 5. The average Bonchev–Trinajstić information content (AvgIpc) is 3.64. The van der Waals surface area contributed by atoms with Gasteiger partial charge in [-0.2, -0.15) is 5.10 Å². The molecule has 0 radical (unpaired) electrons. The molecule has 5 aromatic heterocycles. The fourth-order valence-corrected chi connectivity index (χ4v) is 5.79. The lowest BCUT2D eigenvalue weighted by Crippen LogP contribution is -2.34. The van der Waals surface area contributed by atoms with E-state index < -0.39 is 15.8 Å². The summed E-state index contributed by atoms with van der Waals surface area (Å²) in [5.74, 6) is 0.679. The highest BCUT2D eigenvalue weighted by Crippen LogP contribution is 2.33. The molecular weight excluding hydrogens is 585 g/mol. The maximum Gasteiger partial charge on any atom is 0.209 e. The van der Waals surface area contributed by atoms with Gasteiger partial charge in [-0.15, -0.1) is 0 Å². The molecule has 0 saturated carbocycles. The summed E-state index contributed by atoms with van der Waals surface area (Å²) >= 11 is 0. The molecule has 14 heteroatoms. The Morgan fingerprint density at radius 1 is 1.05 bits per heavy atom. The summed E-state index contributed by atoms with van der Waals surface area (Å²) in [5, 5.41) is 11.7. The van der Waals surface area contributed by atoms with Gasteiger partial charge in [-0.25, -0.2) is 27.5 Å². The number of rotatable bonds is 8. The van der Waals surface area contributed by atoms with Crippen LogP contribution in [0.25, 0.3) is 56.0 Å². The largest absolute Gasteiger partial charge is 0.489 e. The van der Waals surface area contributed by atoms with Crippen molar-refractivity contribution in [3.05, 3.63) is 72.6 Å². The second-order valence-electron chi connectivity index (χ2n) is 10.7. The van der Waals surface area contributed by atoms with Crippen molar-refractivity contribution in [3.63, 3.8) is 0 Å². The molecule has 0 amide bonds. The molecule has 6 aromatic rings. The van der Waals surface area contributed by atoms with Gasteiger partial charge in [0.05, 0.1) is 29.9 Å². The van der Waals surface area contributed by atoms with E-state index in [1.807, 2.05) is 12.1 Å². The van der Waals surface area contributed by atoms with Crippen LogP contribution in [0.1, 0.15) is 18.4 Å². The number of nitrogens with one attached hydrogen (secondary N) is 4.